The molecule has 0 fully saturated rings. The van der Waals surface area contributed by atoms with Gasteiger partial charge in [-0.05, 0) is 42.0 Å². The monoisotopic (exact) mass is 501 g/mol. The summed E-state index contributed by atoms with van der Waals surface area (Å²) in [6.07, 6.45) is 3.96. The number of nitrogens with zero attached hydrogens (tertiary/aromatic N) is 3. The van der Waals surface area contributed by atoms with Crippen LogP contribution in [-0.2, 0) is 10.0 Å². The zero-order valence-corrected chi connectivity index (χ0v) is 19.2. The number of rotatable bonds is 5. The second-order valence-electron chi connectivity index (χ2n) is 7.08. The molecule has 0 amide bonds. The maximum Gasteiger partial charge on any atom is 0.229 e. The van der Waals surface area contributed by atoms with Crippen LogP contribution in [0, 0.1) is 17.1 Å². The highest BCUT2D eigenvalue weighted by atomic mass is 35.5. The molecule has 2 aromatic heterocycles. The molecular formula is C22H14Cl2FN5O2S. The Balaban J connectivity index is 1.85. The highest BCUT2D eigenvalue weighted by Gasteiger charge is 2.14. The average Bonchev–Trinajstić information content (AvgIpc) is 2.77. The average molecular weight is 502 g/mol. The van der Waals surface area contributed by atoms with E-state index in [0.717, 1.165) is 6.26 Å². The number of benzene rings is 2. The van der Waals surface area contributed by atoms with Crippen molar-refractivity contribution >= 4 is 61.2 Å². The number of fused-ring (bicyclic) bond motifs is 1. The van der Waals surface area contributed by atoms with Crippen molar-refractivity contribution in [2.45, 2.75) is 0 Å². The van der Waals surface area contributed by atoms with Crippen LogP contribution in [0.5, 0.6) is 0 Å². The van der Waals surface area contributed by atoms with E-state index < -0.39 is 15.8 Å². The van der Waals surface area contributed by atoms with Gasteiger partial charge in [0.15, 0.2) is 5.15 Å². The van der Waals surface area contributed by atoms with Crippen LogP contribution in [0.15, 0.2) is 54.9 Å². The van der Waals surface area contributed by atoms with Gasteiger partial charge in [-0.1, -0.05) is 29.3 Å². The summed E-state index contributed by atoms with van der Waals surface area (Å²) in [6, 6.07) is 13.1. The lowest BCUT2D eigenvalue weighted by atomic mass is 10.0. The Morgan fingerprint density at radius 3 is 2.52 bits per heavy atom. The topological polar surface area (TPSA) is 108 Å². The second kappa shape index (κ2) is 8.83. The van der Waals surface area contributed by atoms with Crippen LogP contribution in [0.25, 0.3) is 22.0 Å². The number of nitriles is 1. The number of anilines is 3. The zero-order chi connectivity index (χ0) is 23.8. The van der Waals surface area contributed by atoms with Crippen LogP contribution in [0.3, 0.4) is 0 Å². The molecule has 7 nitrogen and oxygen atoms in total. The summed E-state index contributed by atoms with van der Waals surface area (Å²) < 4.78 is 39.2. The Morgan fingerprint density at radius 1 is 1.03 bits per heavy atom. The van der Waals surface area contributed by atoms with E-state index in [1.165, 1.54) is 30.6 Å². The number of sulfonamides is 1. The van der Waals surface area contributed by atoms with Crippen molar-refractivity contribution in [3.8, 4) is 17.2 Å². The molecule has 2 heterocycles. The molecule has 166 valence electrons. The SMILES string of the molecule is CS(=O)(=O)Nc1cc(-c2ccc3ncc(C#N)c(Nc4ccc(F)c(Cl)c4)c3c2)cnc1Cl. The van der Waals surface area contributed by atoms with E-state index in [1.807, 2.05) is 0 Å². The standard InChI is InChI=1S/C22H14Cl2FN5O2S/c1-33(31,32)30-20-7-13(10-28-22(20)24)12-2-5-19-16(6-12)21(14(9-26)11-27-19)29-15-3-4-18(25)17(23)8-15/h2-8,10-11,30H,1H3,(H,27,29). The number of hydrogen-bond donors (Lipinski definition) is 2. The van der Waals surface area contributed by atoms with Gasteiger partial charge in [0.05, 0.1) is 33.7 Å². The van der Waals surface area contributed by atoms with Crippen molar-refractivity contribution in [2.24, 2.45) is 0 Å². The quantitative estimate of drug-likeness (QED) is 0.338. The molecule has 0 bridgehead atoms. The molecule has 0 saturated heterocycles. The summed E-state index contributed by atoms with van der Waals surface area (Å²) in [5, 5.41) is 13.3. The zero-order valence-electron chi connectivity index (χ0n) is 16.9. The van der Waals surface area contributed by atoms with Crippen LogP contribution < -0.4 is 10.0 Å². The minimum absolute atomic E-state index is 0.00828. The fraction of sp³-hybridized carbons (Fsp3) is 0.0455. The van der Waals surface area contributed by atoms with E-state index in [1.54, 1.807) is 24.3 Å². The van der Waals surface area contributed by atoms with Crippen LogP contribution in [-0.4, -0.2) is 24.6 Å². The fourth-order valence-electron chi connectivity index (χ4n) is 3.19. The van der Waals surface area contributed by atoms with Gasteiger partial charge in [-0.15, -0.1) is 0 Å². The lowest BCUT2D eigenvalue weighted by molar-refractivity contribution is 0.606. The highest BCUT2D eigenvalue weighted by molar-refractivity contribution is 7.92. The predicted molar refractivity (Wildman–Crippen MR) is 128 cm³/mol. The van der Waals surface area contributed by atoms with Crippen LogP contribution in [0.4, 0.5) is 21.5 Å². The van der Waals surface area contributed by atoms with Gasteiger partial charge in [0.25, 0.3) is 0 Å². The second-order valence-corrected chi connectivity index (χ2v) is 9.59. The van der Waals surface area contributed by atoms with E-state index >= 15 is 0 Å². The van der Waals surface area contributed by atoms with E-state index in [2.05, 4.69) is 26.1 Å². The summed E-state index contributed by atoms with van der Waals surface area (Å²) in [5.74, 6) is -0.557. The molecule has 33 heavy (non-hydrogen) atoms. The molecular weight excluding hydrogens is 488 g/mol. The number of nitrogens with one attached hydrogen (secondary N) is 2. The van der Waals surface area contributed by atoms with Gasteiger partial charge >= 0.3 is 0 Å². The minimum atomic E-state index is -3.56. The maximum atomic E-state index is 13.6. The molecule has 0 aliphatic rings. The number of pyridine rings is 2. The number of halogens is 3. The molecule has 4 rings (SSSR count). The molecule has 2 aromatic carbocycles. The maximum absolute atomic E-state index is 13.6. The summed E-state index contributed by atoms with van der Waals surface area (Å²) in [7, 11) is -3.56. The molecule has 0 aliphatic carbocycles. The number of hydrogen-bond acceptors (Lipinski definition) is 6. The normalized spacial score (nSPS) is 11.2. The van der Waals surface area contributed by atoms with E-state index in [9.17, 15) is 18.1 Å². The van der Waals surface area contributed by atoms with Gasteiger partial charge in [0.1, 0.15) is 11.9 Å². The van der Waals surface area contributed by atoms with Gasteiger partial charge in [-0.2, -0.15) is 5.26 Å². The molecule has 4 aromatic rings. The van der Waals surface area contributed by atoms with Crippen LogP contribution in [0.2, 0.25) is 10.2 Å². The third-order valence-electron chi connectivity index (χ3n) is 4.65. The van der Waals surface area contributed by atoms with Crippen molar-refractivity contribution in [1.29, 1.82) is 5.26 Å². The Bertz CT molecular complexity index is 1550. The minimum Gasteiger partial charge on any atom is -0.354 e. The van der Waals surface area contributed by atoms with Gasteiger partial charge < -0.3 is 5.32 Å². The molecule has 0 atom stereocenters. The number of aromatic nitrogens is 2. The molecule has 0 spiro atoms. The Labute approximate surface area is 198 Å². The van der Waals surface area contributed by atoms with Crippen molar-refractivity contribution in [1.82, 2.24) is 9.97 Å². The Hall–Kier alpha value is -3.45. The first-order valence-corrected chi connectivity index (χ1v) is 12.0. The van der Waals surface area contributed by atoms with Gasteiger partial charge in [-0.25, -0.2) is 17.8 Å². The lowest BCUT2D eigenvalue weighted by Crippen LogP contribution is -2.10. The molecule has 11 heteroatoms. The van der Waals surface area contributed by atoms with Crippen molar-refractivity contribution < 1.29 is 12.8 Å². The van der Waals surface area contributed by atoms with Gasteiger partial charge in [0, 0.05) is 29.0 Å². The molecule has 2 N–H and O–H groups in total. The van der Waals surface area contributed by atoms with Crippen molar-refractivity contribution in [3.63, 3.8) is 0 Å². The highest BCUT2D eigenvalue weighted by Crippen LogP contribution is 2.34. The largest absolute Gasteiger partial charge is 0.354 e. The third kappa shape index (κ3) is 4.98. The molecule has 0 aliphatic heterocycles. The van der Waals surface area contributed by atoms with Crippen molar-refractivity contribution in [3.05, 3.63) is 76.4 Å². The van der Waals surface area contributed by atoms with E-state index in [4.69, 9.17) is 23.2 Å². The first-order valence-electron chi connectivity index (χ1n) is 9.33. The lowest BCUT2D eigenvalue weighted by Gasteiger charge is -2.14. The molecule has 0 radical (unpaired) electrons. The van der Waals surface area contributed by atoms with Gasteiger partial charge in [-0.3, -0.25) is 9.71 Å². The first kappa shape index (κ1) is 22.7. The summed E-state index contributed by atoms with van der Waals surface area (Å²) in [6.45, 7) is 0. The smallest absolute Gasteiger partial charge is 0.229 e. The van der Waals surface area contributed by atoms with Crippen LogP contribution >= 0.6 is 23.2 Å². The molecule has 0 saturated carbocycles. The van der Waals surface area contributed by atoms with Crippen molar-refractivity contribution in [2.75, 3.05) is 16.3 Å². The molecule has 0 unspecified atom stereocenters. The first-order chi connectivity index (χ1) is 15.6. The van der Waals surface area contributed by atoms with Crippen LogP contribution in [0.1, 0.15) is 5.56 Å². The predicted octanol–water partition coefficient (Wildman–Crippen LogP) is 5.73. The summed E-state index contributed by atoms with van der Waals surface area (Å²) >= 11 is 11.9. The summed E-state index contributed by atoms with van der Waals surface area (Å²) in [4.78, 5) is 8.39. The van der Waals surface area contributed by atoms with Gasteiger partial charge in [0.2, 0.25) is 10.0 Å². The third-order valence-corrected chi connectivity index (χ3v) is 5.83. The fourth-order valence-corrected chi connectivity index (χ4v) is 4.13. The van der Waals surface area contributed by atoms with E-state index in [-0.39, 0.29) is 21.4 Å². The Kier molecular flexibility index (Phi) is 6.08. The Morgan fingerprint density at radius 2 is 1.82 bits per heavy atom. The van der Waals surface area contributed by atoms with E-state index in [0.29, 0.717) is 33.4 Å². The summed E-state index contributed by atoms with van der Waals surface area (Å²) in [5.41, 5.74) is 3.23.